The zero-order valence-electron chi connectivity index (χ0n) is 9.19. The second-order valence-electron chi connectivity index (χ2n) is 4.47. The van der Waals surface area contributed by atoms with Crippen molar-refractivity contribution in [1.29, 1.82) is 0 Å². The summed E-state index contributed by atoms with van der Waals surface area (Å²) in [6.45, 7) is 4.16. The molecule has 1 atom stereocenters. The lowest BCUT2D eigenvalue weighted by atomic mass is 9.91. The highest BCUT2D eigenvalue weighted by atomic mass is 32.1. The molecule has 0 aromatic rings. The van der Waals surface area contributed by atoms with Crippen LogP contribution in [0.25, 0.3) is 0 Å². The van der Waals surface area contributed by atoms with Gasteiger partial charge in [-0.1, -0.05) is 12.2 Å². The van der Waals surface area contributed by atoms with E-state index in [-0.39, 0.29) is 23.5 Å². The van der Waals surface area contributed by atoms with Crippen LogP contribution in [-0.2, 0) is 4.79 Å². The van der Waals surface area contributed by atoms with Gasteiger partial charge in [0.05, 0.1) is 23.1 Å². The molecule has 1 saturated heterocycles. The monoisotopic (exact) mass is 230 g/mol. The molecule has 86 valence electrons. The van der Waals surface area contributed by atoms with Crippen molar-refractivity contribution in [2.75, 3.05) is 13.2 Å². The Morgan fingerprint density at radius 1 is 1.67 bits per heavy atom. The van der Waals surface area contributed by atoms with Crippen molar-refractivity contribution in [3.63, 3.8) is 0 Å². The van der Waals surface area contributed by atoms with Gasteiger partial charge in [-0.3, -0.25) is 4.79 Å². The SMILES string of the molecule is CC(C)(C(=O)N1CCCC1CO)C(N)=S. The highest BCUT2D eigenvalue weighted by Crippen LogP contribution is 2.25. The Kier molecular flexibility index (Phi) is 3.67. The van der Waals surface area contributed by atoms with E-state index in [1.807, 2.05) is 0 Å². The second-order valence-corrected chi connectivity index (χ2v) is 4.91. The fraction of sp³-hybridized carbons (Fsp3) is 0.800. The fourth-order valence-corrected chi connectivity index (χ4v) is 1.84. The first kappa shape index (κ1) is 12.4. The average molecular weight is 230 g/mol. The molecule has 1 aliphatic heterocycles. The Morgan fingerprint density at radius 3 is 2.73 bits per heavy atom. The van der Waals surface area contributed by atoms with Crippen molar-refractivity contribution >= 4 is 23.1 Å². The van der Waals surface area contributed by atoms with Gasteiger partial charge in [-0.25, -0.2) is 0 Å². The minimum absolute atomic E-state index is 0.0130. The highest BCUT2D eigenvalue weighted by Gasteiger charge is 2.39. The molecule has 15 heavy (non-hydrogen) atoms. The molecule has 0 radical (unpaired) electrons. The number of nitrogens with zero attached hydrogens (tertiary/aromatic N) is 1. The molecule has 0 saturated carbocycles. The highest BCUT2D eigenvalue weighted by molar-refractivity contribution is 7.80. The molecule has 3 N–H and O–H groups in total. The number of aliphatic hydroxyl groups is 1. The van der Waals surface area contributed by atoms with Crippen LogP contribution in [0.2, 0.25) is 0 Å². The van der Waals surface area contributed by atoms with Crippen molar-refractivity contribution < 1.29 is 9.90 Å². The summed E-state index contributed by atoms with van der Waals surface area (Å²) in [5, 5.41) is 9.13. The molecule has 0 aromatic heterocycles. The standard InChI is InChI=1S/C10H18N2O2S/c1-10(2,8(11)15)9(14)12-5-3-4-7(12)6-13/h7,13H,3-6H2,1-2H3,(H2,11,15). The number of carbonyl (C=O) groups excluding carboxylic acids is 1. The maximum absolute atomic E-state index is 12.1. The maximum Gasteiger partial charge on any atom is 0.235 e. The van der Waals surface area contributed by atoms with Gasteiger partial charge in [-0.2, -0.15) is 0 Å². The van der Waals surface area contributed by atoms with E-state index in [4.69, 9.17) is 23.1 Å². The van der Waals surface area contributed by atoms with Gasteiger partial charge in [-0.05, 0) is 26.7 Å². The van der Waals surface area contributed by atoms with E-state index < -0.39 is 5.41 Å². The number of thiocarbonyl (C=S) groups is 1. The van der Waals surface area contributed by atoms with Gasteiger partial charge in [0.15, 0.2) is 0 Å². The molecule has 0 aromatic carbocycles. The molecule has 1 aliphatic rings. The van der Waals surface area contributed by atoms with Crippen molar-refractivity contribution in [3.8, 4) is 0 Å². The summed E-state index contributed by atoms with van der Waals surface area (Å²) in [4.78, 5) is 14.0. The topological polar surface area (TPSA) is 66.6 Å². The second kappa shape index (κ2) is 4.45. The summed E-state index contributed by atoms with van der Waals surface area (Å²) >= 11 is 4.89. The quantitative estimate of drug-likeness (QED) is 0.684. The first-order valence-electron chi connectivity index (χ1n) is 5.13. The first-order valence-corrected chi connectivity index (χ1v) is 5.54. The number of hydrogen-bond donors (Lipinski definition) is 2. The van der Waals surface area contributed by atoms with Crippen LogP contribution in [0.1, 0.15) is 26.7 Å². The predicted octanol–water partition coefficient (Wildman–Crippen LogP) is 0.282. The lowest BCUT2D eigenvalue weighted by Gasteiger charge is -2.31. The van der Waals surface area contributed by atoms with E-state index in [2.05, 4.69) is 0 Å². The number of aliphatic hydroxyl groups excluding tert-OH is 1. The average Bonchev–Trinajstić information content (AvgIpc) is 2.63. The number of carbonyl (C=O) groups is 1. The van der Waals surface area contributed by atoms with Crippen LogP contribution < -0.4 is 5.73 Å². The van der Waals surface area contributed by atoms with E-state index in [1.54, 1.807) is 18.7 Å². The minimum Gasteiger partial charge on any atom is -0.394 e. The molecule has 1 heterocycles. The summed E-state index contributed by atoms with van der Waals surface area (Å²) in [5.74, 6) is -0.0773. The molecule has 5 heteroatoms. The molecule has 1 rings (SSSR count). The van der Waals surface area contributed by atoms with Crippen LogP contribution in [0.5, 0.6) is 0 Å². The van der Waals surface area contributed by atoms with Crippen molar-refractivity contribution in [2.45, 2.75) is 32.7 Å². The van der Waals surface area contributed by atoms with Crippen molar-refractivity contribution in [2.24, 2.45) is 11.1 Å². The lowest BCUT2D eigenvalue weighted by Crippen LogP contribution is -2.49. The van der Waals surface area contributed by atoms with Gasteiger partial charge >= 0.3 is 0 Å². The number of nitrogens with two attached hydrogens (primary N) is 1. The largest absolute Gasteiger partial charge is 0.394 e. The van der Waals surface area contributed by atoms with E-state index >= 15 is 0 Å². The molecule has 0 bridgehead atoms. The van der Waals surface area contributed by atoms with Gasteiger partial charge in [0.2, 0.25) is 5.91 Å². The number of hydrogen-bond acceptors (Lipinski definition) is 3. The van der Waals surface area contributed by atoms with Crippen LogP contribution >= 0.6 is 12.2 Å². The number of amides is 1. The zero-order chi connectivity index (χ0) is 11.6. The van der Waals surface area contributed by atoms with Crippen LogP contribution in [0, 0.1) is 5.41 Å². The fourth-order valence-electron chi connectivity index (χ4n) is 1.76. The van der Waals surface area contributed by atoms with Gasteiger partial charge < -0.3 is 15.7 Å². The van der Waals surface area contributed by atoms with E-state index in [9.17, 15) is 4.79 Å². The van der Waals surface area contributed by atoms with Gasteiger partial charge in [-0.15, -0.1) is 0 Å². The first-order chi connectivity index (χ1) is 6.91. The normalized spacial score (nSPS) is 21.8. The Balaban J connectivity index is 2.80. The summed E-state index contributed by atoms with van der Waals surface area (Å²) in [6, 6.07) is -0.0638. The molecule has 4 nitrogen and oxygen atoms in total. The van der Waals surface area contributed by atoms with Gasteiger partial charge in [0, 0.05) is 6.54 Å². The van der Waals surface area contributed by atoms with E-state index in [0.29, 0.717) is 6.54 Å². The van der Waals surface area contributed by atoms with Crippen molar-refractivity contribution in [3.05, 3.63) is 0 Å². The van der Waals surface area contributed by atoms with Crippen LogP contribution in [0.15, 0.2) is 0 Å². The van der Waals surface area contributed by atoms with Gasteiger partial charge in [0.25, 0.3) is 0 Å². The van der Waals surface area contributed by atoms with Crippen LogP contribution in [0.4, 0.5) is 0 Å². The third-order valence-electron chi connectivity index (χ3n) is 3.00. The number of likely N-dealkylation sites (tertiary alicyclic amines) is 1. The molecule has 0 aliphatic carbocycles. The summed E-state index contributed by atoms with van der Waals surface area (Å²) in [6.07, 6.45) is 1.79. The predicted molar refractivity (Wildman–Crippen MR) is 62.4 cm³/mol. The Labute approximate surface area is 95.4 Å². The Morgan fingerprint density at radius 2 is 2.27 bits per heavy atom. The zero-order valence-corrected chi connectivity index (χ0v) is 10.0. The minimum atomic E-state index is -0.812. The maximum atomic E-state index is 12.1. The summed E-state index contributed by atoms with van der Waals surface area (Å²) in [7, 11) is 0. The molecular formula is C10H18N2O2S. The molecular weight excluding hydrogens is 212 g/mol. The smallest absolute Gasteiger partial charge is 0.235 e. The molecule has 0 spiro atoms. The summed E-state index contributed by atoms with van der Waals surface area (Å²) < 4.78 is 0. The van der Waals surface area contributed by atoms with E-state index in [1.165, 1.54) is 0 Å². The van der Waals surface area contributed by atoms with Crippen LogP contribution in [-0.4, -0.2) is 40.1 Å². The van der Waals surface area contributed by atoms with Gasteiger partial charge in [0.1, 0.15) is 0 Å². The molecule has 1 amide bonds. The van der Waals surface area contributed by atoms with E-state index in [0.717, 1.165) is 12.8 Å². The molecule has 1 unspecified atom stereocenters. The summed E-state index contributed by atoms with van der Waals surface area (Å²) in [5.41, 5.74) is 4.73. The Hall–Kier alpha value is -0.680. The van der Waals surface area contributed by atoms with Crippen molar-refractivity contribution in [1.82, 2.24) is 4.90 Å². The lowest BCUT2D eigenvalue weighted by molar-refractivity contribution is -0.138. The Bertz CT molecular complexity index is 279. The molecule has 1 fully saturated rings. The third-order valence-corrected chi connectivity index (χ3v) is 3.51. The number of rotatable bonds is 3. The third kappa shape index (κ3) is 2.29. The van der Waals surface area contributed by atoms with Crippen LogP contribution in [0.3, 0.4) is 0 Å².